The predicted octanol–water partition coefficient (Wildman–Crippen LogP) is -7.97. The van der Waals surface area contributed by atoms with Crippen LogP contribution in [-0.4, -0.2) is 168 Å². The Hall–Kier alpha value is -9.27. The quantitative estimate of drug-likeness (QED) is 0.0173. The van der Waals surface area contributed by atoms with Crippen LogP contribution in [0.2, 0.25) is 0 Å². The van der Waals surface area contributed by atoms with Crippen LogP contribution in [0.1, 0.15) is 74.6 Å². The average molecular weight is 1060 g/mol. The van der Waals surface area contributed by atoms with Gasteiger partial charge in [-0.1, -0.05) is 5.21 Å². The molecule has 0 aliphatic rings. The van der Waals surface area contributed by atoms with Gasteiger partial charge in [-0.15, -0.1) is 5.10 Å². The summed E-state index contributed by atoms with van der Waals surface area (Å²) in [5, 5.41) is 78.1. The van der Waals surface area contributed by atoms with E-state index in [1.807, 2.05) is 0 Å². The van der Waals surface area contributed by atoms with Crippen molar-refractivity contribution in [2.24, 2.45) is 34.4 Å². The number of hydrogen-bond acceptors (Lipinski definition) is 15. The van der Waals surface area contributed by atoms with E-state index in [2.05, 4.69) is 79.2 Å². The number of carbonyl (C=O) groups excluding carboxylic acids is 8. The molecular formula is C41H72N26O8. The van der Waals surface area contributed by atoms with Gasteiger partial charge in [0.2, 0.25) is 41.4 Å². The Kier molecular flexibility index (Phi) is 27.5. The van der Waals surface area contributed by atoms with Crippen LogP contribution < -0.4 is 98.2 Å². The van der Waals surface area contributed by atoms with Crippen molar-refractivity contribution in [2.45, 2.75) is 94.4 Å². The van der Waals surface area contributed by atoms with Crippen molar-refractivity contribution in [1.82, 2.24) is 79.2 Å². The van der Waals surface area contributed by atoms with Crippen LogP contribution in [0.4, 0.5) is 0 Å². The van der Waals surface area contributed by atoms with E-state index in [0.29, 0.717) is 11.0 Å². The van der Waals surface area contributed by atoms with Crippen LogP contribution in [0.15, 0.2) is 18.2 Å². The molecule has 2 aromatic rings. The Bertz CT molecular complexity index is 2330. The first-order valence-corrected chi connectivity index (χ1v) is 23.6. The highest BCUT2D eigenvalue weighted by atomic mass is 16.2. The Morgan fingerprint density at radius 1 is 0.453 bits per heavy atom. The van der Waals surface area contributed by atoms with Crippen molar-refractivity contribution in [2.75, 3.05) is 45.8 Å². The molecule has 1 heterocycles. The van der Waals surface area contributed by atoms with Crippen molar-refractivity contribution >= 4 is 88.1 Å². The van der Waals surface area contributed by atoms with Crippen molar-refractivity contribution < 1.29 is 38.4 Å². The van der Waals surface area contributed by atoms with E-state index >= 15 is 0 Å². The Balaban J connectivity index is 2.34. The summed E-state index contributed by atoms with van der Waals surface area (Å²) in [6, 6.07) is -2.22. The molecule has 0 bridgehead atoms. The number of aromatic nitrogens is 3. The number of benzene rings is 1. The second kappa shape index (κ2) is 33.4. The van der Waals surface area contributed by atoms with Crippen molar-refractivity contribution in [3.63, 3.8) is 0 Å². The fourth-order valence-corrected chi connectivity index (χ4v) is 6.83. The molecule has 5 atom stereocenters. The van der Waals surface area contributed by atoms with Gasteiger partial charge in [0, 0.05) is 38.3 Å². The molecule has 34 heteroatoms. The number of H-pyrrole nitrogens is 1. The maximum absolute atomic E-state index is 14.3. The van der Waals surface area contributed by atoms with Crippen LogP contribution in [-0.2, 0) is 33.6 Å². The minimum atomic E-state index is -1.43. The van der Waals surface area contributed by atoms with E-state index in [4.69, 9.17) is 61.4 Å². The highest BCUT2D eigenvalue weighted by Gasteiger charge is 2.32. The zero-order valence-corrected chi connectivity index (χ0v) is 41.3. The van der Waals surface area contributed by atoms with Crippen LogP contribution in [0, 0.1) is 27.0 Å². The first-order chi connectivity index (χ1) is 35.6. The standard InChI is InChI=1S/C41H72N26O8/c42-31(70)23(6-1-13-53-37(43)44)61-34(73)25(8-3-15-55-39(47)48)63-36(75)27(10-5-17-57-41(51)52)64-35(74)26(9-4-16-56-40(49)50)62-33(72)24(7-2-14-54-38(45)46)60-30(69)20-58-29(68)19-59-32(71)21-11-12-22-28(18-21)66-67-65-22/h11-12,18,23-27H,1-10,13-17,19-20H2,(H2,42,70)(H,58,68)(H,59,71)(H,60,69)(H,61,73)(H,62,72)(H,63,75)(H,64,74)(H4,43,44,53)(H4,45,46,54)(H4,47,48,55)(H4,49,50,56)(H4,51,52,57)(H,65,66,67)/t23-,24-,25-,26-,27-/m0/s1. The molecule has 1 aromatic heterocycles. The summed E-state index contributed by atoms with van der Waals surface area (Å²) in [4.78, 5) is 107. The first kappa shape index (κ1) is 61.8. The van der Waals surface area contributed by atoms with Crippen LogP contribution >= 0.6 is 0 Å². The molecule has 0 aliphatic carbocycles. The summed E-state index contributed by atoms with van der Waals surface area (Å²) >= 11 is 0. The molecule has 0 saturated carbocycles. The largest absolute Gasteiger partial charge is 0.370 e. The summed E-state index contributed by atoms with van der Waals surface area (Å²) in [5.41, 5.74) is 33.8. The lowest BCUT2D eigenvalue weighted by atomic mass is 10.0. The van der Waals surface area contributed by atoms with E-state index in [0.717, 1.165) is 0 Å². The Labute approximate surface area is 430 Å². The summed E-state index contributed by atoms with van der Waals surface area (Å²) < 4.78 is 0. The molecule has 0 saturated heterocycles. The normalized spacial score (nSPS) is 12.6. The van der Waals surface area contributed by atoms with Gasteiger partial charge in [-0.3, -0.25) is 70.5 Å². The molecule has 75 heavy (non-hydrogen) atoms. The SMILES string of the molecule is N=C(N)NCCC[C@H](NC(=O)[C@H](CCCNC(=N)N)NC(=O)[C@H](CCCNC(=N)N)NC(=O)[C@H](CCCNC(=N)N)NC(=O)[C@H](CCCNC(=N)N)NC(=O)CNC(=O)CNC(=O)c1ccc2[nH]nnc2c1)C(N)=O. The molecular weight excluding hydrogens is 985 g/mol. The molecule has 30 N–H and O–H groups in total. The zero-order chi connectivity index (χ0) is 55.9. The maximum atomic E-state index is 14.3. The van der Waals surface area contributed by atoms with Gasteiger partial charge in [-0.25, -0.2) is 0 Å². The van der Waals surface area contributed by atoms with E-state index in [1.54, 1.807) is 6.07 Å². The van der Waals surface area contributed by atoms with Gasteiger partial charge in [0.15, 0.2) is 29.8 Å². The lowest BCUT2D eigenvalue weighted by Crippen LogP contribution is -2.59. The molecule has 8 amide bonds. The number of carbonyl (C=O) groups is 8. The second-order valence-corrected chi connectivity index (χ2v) is 16.7. The molecule has 0 unspecified atom stereocenters. The number of fused-ring (bicyclic) bond motifs is 1. The monoisotopic (exact) mass is 1060 g/mol. The number of guanidine groups is 5. The summed E-state index contributed by atoms with van der Waals surface area (Å²) in [6.07, 6.45) is 0.475. The average Bonchev–Trinajstić information content (AvgIpc) is 3.82. The van der Waals surface area contributed by atoms with Crippen molar-refractivity contribution in [3.8, 4) is 0 Å². The molecule has 0 radical (unpaired) electrons. The van der Waals surface area contributed by atoms with Gasteiger partial charge in [0.25, 0.3) is 5.91 Å². The van der Waals surface area contributed by atoms with E-state index in [1.165, 1.54) is 12.1 Å². The number of rotatable bonds is 35. The van der Waals surface area contributed by atoms with Gasteiger partial charge in [-0.2, -0.15) is 0 Å². The lowest BCUT2D eigenvalue weighted by Gasteiger charge is -2.27. The first-order valence-electron chi connectivity index (χ1n) is 23.6. The van der Waals surface area contributed by atoms with E-state index in [-0.39, 0.29) is 132 Å². The molecule has 0 fully saturated rings. The van der Waals surface area contributed by atoms with Gasteiger partial charge in [-0.05, 0) is 82.4 Å². The van der Waals surface area contributed by atoms with Crippen molar-refractivity contribution in [3.05, 3.63) is 23.8 Å². The fourth-order valence-electron chi connectivity index (χ4n) is 6.83. The number of hydrogen-bond donors (Lipinski definition) is 24. The smallest absolute Gasteiger partial charge is 0.251 e. The third kappa shape index (κ3) is 26.1. The highest BCUT2D eigenvalue weighted by molar-refractivity contribution is 6.00. The third-order valence-electron chi connectivity index (χ3n) is 10.6. The van der Waals surface area contributed by atoms with E-state index < -0.39 is 90.6 Å². The summed E-state index contributed by atoms with van der Waals surface area (Å²) in [5.74, 6) is -8.32. The van der Waals surface area contributed by atoms with Gasteiger partial charge in [0.1, 0.15) is 35.7 Å². The molecule has 2 rings (SSSR count). The van der Waals surface area contributed by atoms with Crippen LogP contribution in [0.25, 0.3) is 11.0 Å². The van der Waals surface area contributed by atoms with E-state index in [9.17, 15) is 38.4 Å². The van der Waals surface area contributed by atoms with Gasteiger partial charge < -0.3 is 98.2 Å². The number of amides is 8. The topological polar surface area (TPSA) is 598 Å². The minimum absolute atomic E-state index is 0.0347. The number of primary amides is 1. The number of nitrogens with two attached hydrogens (primary N) is 6. The third-order valence-corrected chi connectivity index (χ3v) is 10.6. The summed E-state index contributed by atoms with van der Waals surface area (Å²) in [7, 11) is 0. The van der Waals surface area contributed by atoms with Gasteiger partial charge in [0.05, 0.1) is 18.6 Å². The Morgan fingerprint density at radius 2 is 0.800 bits per heavy atom. The van der Waals surface area contributed by atoms with Crippen molar-refractivity contribution in [1.29, 1.82) is 27.0 Å². The maximum Gasteiger partial charge on any atom is 0.251 e. The molecule has 0 aliphatic heterocycles. The number of aromatic amines is 1. The Morgan fingerprint density at radius 3 is 1.17 bits per heavy atom. The number of nitrogens with zero attached hydrogens (tertiary/aromatic N) is 2. The lowest BCUT2D eigenvalue weighted by molar-refractivity contribution is -0.135. The molecule has 0 spiro atoms. The zero-order valence-electron chi connectivity index (χ0n) is 41.3. The number of nitrogens with one attached hydrogen (secondary N) is 18. The highest BCUT2D eigenvalue weighted by Crippen LogP contribution is 2.11. The van der Waals surface area contributed by atoms with Gasteiger partial charge >= 0.3 is 0 Å². The predicted molar refractivity (Wildman–Crippen MR) is 274 cm³/mol. The summed E-state index contributed by atoms with van der Waals surface area (Å²) in [6.45, 7) is -0.634. The van der Waals surface area contributed by atoms with Crippen LogP contribution in [0.5, 0.6) is 0 Å². The minimum Gasteiger partial charge on any atom is -0.370 e. The molecule has 1 aromatic carbocycles. The van der Waals surface area contributed by atoms with Crippen LogP contribution in [0.3, 0.4) is 0 Å². The fraction of sp³-hybridized carbons (Fsp3) is 0.537. The molecule has 34 nitrogen and oxygen atoms in total. The second-order valence-electron chi connectivity index (χ2n) is 16.7. The molecule has 414 valence electrons.